The number of nitriles is 1. The lowest BCUT2D eigenvalue weighted by Crippen LogP contribution is -2.50. The van der Waals surface area contributed by atoms with Gasteiger partial charge >= 0.3 is 0 Å². The van der Waals surface area contributed by atoms with E-state index < -0.39 is 5.54 Å². The van der Waals surface area contributed by atoms with E-state index >= 15 is 0 Å². The number of nitrogens with one attached hydrogen (secondary N) is 1. The van der Waals surface area contributed by atoms with E-state index in [1.807, 2.05) is 42.3 Å². The zero-order valence-corrected chi connectivity index (χ0v) is 15.7. The highest BCUT2D eigenvalue weighted by atomic mass is 19.1. The number of halogens is 1. The number of rotatable bonds is 7. The number of hydrogen-bond acceptors (Lipinski definition) is 3. The van der Waals surface area contributed by atoms with E-state index in [1.54, 1.807) is 19.1 Å². The highest BCUT2D eigenvalue weighted by Gasteiger charge is 2.43. The Bertz CT molecular complexity index is 827. The van der Waals surface area contributed by atoms with Crippen molar-refractivity contribution >= 4 is 5.91 Å². The molecule has 0 radical (unpaired) electrons. The van der Waals surface area contributed by atoms with Crippen molar-refractivity contribution < 1.29 is 9.18 Å². The molecule has 1 aliphatic rings. The molecule has 0 aromatic heterocycles. The molecule has 4 nitrogen and oxygen atoms in total. The Hall–Kier alpha value is -2.71. The summed E-state index contributed by atoms with van der Waals surface area (Å²) in [6.07, 6.45) is 1.95. The minimum Gasteiger partial charge on any atom is -0.337 e. The van der Waals surface area contributed by atoms with Crippen LogP contribution in [0.3, 0.4) is 0 Å². The number of amides is 1. The third-order valence-corrected chi connectivity index (χ3v) is 5.16. The second kappa shape index (κ2) is 7.89. The first-order valence-electron chi connectivity index (χ1n) is 9.16. The van der Waals surface area contributed by atoms with Gasteiger partial charge in [0.1, 0.15) is 11.4 Å². The highest BCUT2D eigenvalue weighted by molar-refractivity contribution is 5.79. The number of hydrogen-bond donors (Lipinski definition) is 1. The minimum atomic E-state index is -0.809. The first kappa shape index (κ1) is 19.1. The minimum absolute atomic E-state index is 0.140. The molecule has 1 aliphatic carbocycles. The third kappa shape index (κ3) is 4.53. The molecule has 0 spiro atoms. The van der Waals surface area contributed by atoms with Crippen LogP contribution >= 0.6 is 0 Å². The Balaban J connectivity index is 1.79. The highest BCUT2D eigenvalue weighted by Crippen LogP contribution is 2.39. The van der Waals surface area contributed by atoms with Gasteiger partial charge in [-0.3, -0.25) is 9.69 Å². The average molecular weight is 365 g/mol. The standard InChI is InChI=1S/C22H24FN3O/c1-22(15-24,18-10-11-18)25-20(27)14-26(2)21(16-6-4-3-5-7-16)17-8-12-19(23)13-9-17/h3-9,12-13,18,21H,10-11,14H2,1-2H3,(H,25,27). The second-order valence-electron chi connectivity index (χ2n) is 7.42. The normalized spacial score (nSPS) is 17.0. The fourth-order valence-electron chi connectivity index (χ4n) is 3.51. The van der Waals surface area contributed by atoms with Crippen molar-refractivity contribution in [3.63, 3.8) is 0 Å². The molecule has 2 aromatic carbocycles. The van der Waals surface area contributed by atoms with Crippen molar-refractivity contribution in [3.05, 3.63) is 71.5 Å². The van der Waals surface area contributed by atoms with Crippen LogP contribution in [0.1, 0.15) is 36.9 Å². The van der Waals surface area contributed by atoms with Crippen LogP contribution in [0, 0.1) is 23.1 Å². The summed E-state index contributed by atoms with van der Waals surface area (Å²) in [7, 11) is 1.86. The molecule has 2 unspecified atom stereocenters. The molecular formula is C22H24FN3O. The summed E-state index contributed by atoms with van der Waals surface area (Å²) < 4.78 is 13.4. The number of likely N-dealkylation sites (N-methyl/N-ethyl adjacent to an activating group) is 1. The smallest absolute Gasteiger partial charge is 0.235 e. The molecule has 3 rings (SSSR count). The summed E-state index contributed by atoms with van der Waals surface area (Å²) in [6, 6.07) is 18.2. The molecule has 2 atom stereocenters. The molecule has 0 bridgehead atoms. The topological polar surface area (TPSA) is 56.1 Å². The number of carbonyl (C=O) groups excluding carboxylic acids is 1. The summed E-state index contributed by atoms with van der Waals surface area (Å²) in [5.74, 6) is -0.240. The number of nitrogens with zero attached hydrogens (tertiary/aromatic N) is 2. The van der Waals surface area contributed by atoms with Crippen LogP contribution in [0.25, 0.3) is 0 Å². The van der Waals surface area contributed by atoms with Gasteiger partial charge in [-0.05, 0) is 56.0 Å². The fourth-order valence-corrected chi connectivity index (χ4v) is 3.51. The van der Waals surface area contributed by atoms with Gasteiger partial charge in [0.25, 0.3) is 0 Å². The van der Waals surface area contributed by atoms with Gasteiger partial charge in [0.05, 0.1) is 18.7 Å². The molecule has 1 N–H and O–H groups in total. The van der Waals surface area contributed by atoms with Crippen molar-refractivity contribution in [3.8, 4) is 6.07 Å². The fraction of sp³-hybridized carbons (Fsp3) is 0.364. The Kier molecular flexibility index (Phi) is 5.57. The van der Waals surface area contributed by atoms with Crippen LogP contribution in [-0.2, 0) is 4.79 Å². The van der Waals surface area contributed by atoms with Crippen LogP contribution in [0.5, 0.6) is 0 Å². The molecule has 140 valence electrons. The Morgan fingerprint density at radius 3 is 2.37 bits per heavy atom. The summed E-state index contributed by atoms with van der Waals surface area (Å²) in [4.78, 5) is 14.5. The van der Waals surface area contributed by atoms with Gasteiger partial charge in [-0.2, -0.15) is 5.26 Å². The van der Waals surface area contributed by atoms with Gasteiger partial charge in [-0.1, -0.05) is 42.5 Å². The quantitative estimate of drug-likeness (QED) is 0.815. The SMILES string of the molecule is CN(CC(=O)NC(C)(C#N)C1CC1)C(c1ccccc1)c1ccc(F)cc1. The Morgan fingerprint density at radius 2 is 1.81 bits per heavy atom. The van der Waals surface area contributed by atoms with Crippen molar-refractivity contribution in [2.24, 2.45) is 5.92 Å². The van der Waals surface area contributed by atoms with Gasteiger partial charge in [0.15, 0.2) is 0 Å². The van der Waals surface area contributed by atoms with E-state index in [-0.39, 0.29) is 30.2 Å². The molecule has 0 aliphatic heterocycles. The number of benzene rings is 2. The summed E-state index contributed by atoms with van der Waals surface area (Å²) in [5, 5.41) is 12.4. The van der Waals surface area contributed by atoms with E-state index in [2.05, 4.69) is 11.4 Å². The molecule has 1 saturated carbocycles. The third-order valence-electron chi connectivity index (χ3n) is 5.16. The van der Waals surface area contributed by atoms with Crippen molar-refractivity contribution in [2.75, 3.05) is 13.6 Å². The molecule has 0 heterocycles. The summed E-state index contributed by atoms with van der Waals surface area (Å²) in [6.45, 7) is 1.93. The molecular weight excluding hydrogens is 341 g/mol. The second-order valence-corrected chi connectivity index (χ2v) is 7.42. The lowest BCUT2D eigenvalue weighted by atomic mass is 9.96. The maximum atomic E-state index is 13.4. The maximum Gasteiger partial charge on any atom is 0.235 e. The van der Waals surface area contributed by atoms with Crippen LogP contribution in [0.2, 0.25) is 0 Å². The summed E-state index contributed by atoms with van der Waals surface area (Å²) >= 11 is 0. The zero-order chi connectivity index (χ0) is 19.4. The Morgan fingerprint density at radius 1 is 1.22 bits per heavy atom. The van der Waals surface area contributed by atoms with E-state index in [0.29, 0.717) is 0 Å². The van der Waals surface area contributed by atoms with Gasteiger partial charge < -0.3 is 5.32 Å². The van der Waals surface area contributed by atoms with E-state index in [4.69, 9.17) is 0 Å². The van der Waals surface area contributed by atoms with E-state index in [0.717, 1.165) is 24.0 Å². The predicted octanol–water partition coefficient (Wildman–Crippen LogP) is 3.66. The molecule has 27 heavy (non-hydrogen) atoms. The van der Waals surface area contributed by atoms with Gasteiger partial charge in [-0.15, -0.1) is 0 Å². The van der Waals surface area contributed by atoms with Crippen molar-refractivity contribution in [1.82, 2.24) is 10.2 Å². The van der Waals surface area contributed by atoms with E-state index in [1.165, 1.54) is 12.1 Å². The van der Waals surface area contributed by atoms with Gasteiger partial charge in [-0.25, -0.2) is 4.39 Å². The summed E-state index contributed by atoms with van der Waals surface area (Å²) in [5.41, 5.74) is 1.11. The van der Waals surface area contributed by atoms with Crippen LogP contribution in [0.15, 0.2) is 54.6 Å². The largest absolute Gasteiger partial charge is 0.337 e. The first-order chi connectivity index (χ1) is 12.9. The maximum absolute atomic E-state index is 13.4. The zero-order valence-electron chi connectivity index (χ0n) is 15.7. The monoisotopic (exact) mass is 365 g/mol. The Labute approximate surface area is 159 Å². The molecule has 0 saturated heterocycles. The van der Waals surface area contributed by atoms with E-state index in [9.17, 15) is 14.4 Å². The molecule has 2 aromatic rings. The van der Waals surface area contributed by atoms with Crippen LogP contribution < -0.4 is 5.32 Å². The van der Waals surface area contributed by atoms with Crippen molar-refractivity contribution in [2.45, 2.75) is 31.3 Å². The molecule has 1 fully saturated rings. The van der Waals surface area contributed by atoms with Crippen LogP contribution in [0.4, 0.5) is 4.39 Å². The first-order valence-corrected chi connectivity index (χ1v) is 9.16. The van der Waals surface area contributed by atoms with Crippen molar-refractivity contribution in [1.29, 1.82) is 5.26 Å². The van der Waals surface area contributed by atoms with Crippen LogP contribution in [-0.4, -0.2) is 29.9 Å². The predicted molar refractivity (Wildman–Crippen MR) is 102 cm³/mol. The molecule has 5 heteroatoms. The lowest BCUT2D eigenvalue weighted by molar-refractivity contribution is -0.123. The molecule has 1 amide bonds. The van der Waals surface area contributed by atoms with Gasteiger partial charge in [0, 0.05) is 0 Å². The number of carbonyl (C=O) groups is 1. The van der Waals surface area contributed by atoms with Gasteiger partial charge in [0.2, 0.25) is 5.91 Å². The lowest BCUT2D eigenvalue weighted by Gasteiger charge is -2.30. The average Bonchev–Trinajstić information content (AvgIpc) is 3.50.